The van der Waals surface area contributed by atoms with E-state index in [1.807, 2.05) is 0 Å². The summed E-state index contributed by atoms with van der Waals surface area (Å²) in [4.78, 5) is 72.7. The van der Waals surface area contributed by atoms with Crippen molar-refractivity contribution in [1.82, 2.24) is 0 Å². The molecule has 0 aromatic heterocycles. The fraction of sp³-hybridized carbons (Fsp3) is 0.895. The van der Waals surface area contributed by atoms with Crippen LogP contribution in [-0.2, 0) is 65.4 Å². The van der Waals surface area contributed by atoms with E-state index in [0.29, 0.717) is 25.7 Å². The number of unbranched alkanes of at least 4 members (excludes halogenated alkanes) is 43. The van der Waals surface area contributed by atoms with E-state index in [2.05, 4.69) is 58.9 Å². The van der Waals surface area contributed by atoms with E-state index < -0.39 is 97.5 Å². The fourth-order valence-electron chi connectivity index (χ4n) is 11.2. The first-order valence-corrected chi connectivity index (χ1v) is 41.9. The Kier molecular flexibility index (Phi) is 66.9. The normalized spacial score (nSPS) is 14.1. The van der Waals surface area contributed by atoms with E-state index in [4.69, 9.17) is 37.0 Å². The molecule has 0 aliphatic heterocycles. The van der Waals surface area contributed by atoms with Crippen molar-refractivity contribution in [2.75, 3.05) is 39.6 Å². The Balaban J connectivity index is 5.25. The lowest BCUT2D eigenvalue weighted by molar-refractivity contribution is -0.161. The molecule has 5 atom stereocenters. The SMILES string of the molecule is CCCCCC/C=C\C=C/CCCCCCCC(=O)OC[C@H](COP(=O)(O)OC[C@@H](O)COP(=O)(O)OC[C@@H](COC(=O)CCCCCCCCCCCC)OC(=O)CCCCCCCCCCCCC)OC(=O)CCCCCCCCCCCCCCCCCCC(C)C. The van der Waals surface area contributed by atoms with Gasteiger partial charge in [-0.1, -0.05) is 322 Å². The third kappa shape index (κ3) is 69.8. The van der Waals surface area contributed by atoms with E-state index in [1.54, 1.807) is 0 Å². The van der Waals surface area contributed by atoms with Gasteiger partial charge in [-0.05, 0) is 57.3 Å². The highest BCUT2D eigenvalue weighted by Gasteiger charge is 2.30. The number of phosphoric ester groups is 2. The number of hydrogen-bond donors (Lipinski definition) is 3. The predicted octanol–water partition coefficient (Wildman–Crippen LogP) is 22.0. The molecule has 0 spiro atoms. The smallest absolute Gasteiger partial charge is 0.462 e. The minimum atomic E-state index is -4.96. The van der Waals surface area contributed by atoms with Crippen molar-refractivity contribution in [3.63, 3.8) is 0 Å². The number of hydrogen-bond acceptors (Lipinski definition) is 15. The molecule has 0 heterocycles. The molecule has 560 valence electrons. The molecule has 2 unspecified atom stereocenters. The molecule has 0 saturated heterocycles. The summed E-state index contributed by atoms with van der Waals surface area (Å²) in [7, 11) is -9.92. The fourth-order valence-corrected chi connectivity index (χ4v) is 12.7. The Morgan fingerprint density at radius 3 is 0.863 bits per heavy atom. The molecule has 0 bridgehead atoms. The second-order valence-corrected chi connectivity index (χ2v) is 30.1. The molecule has 0 amide bonds. The molecule has 0 radical (unpaired) electrons. The minimum absolute atomic E-state index is 0.101. The summed E-state index contributed by atoms with van der Waals surface area (Å²) in [5.41, 5.74) is 0. The van der Waals surface area contributed by atoms with Crippen molar-refractivity contribution in [2.24, 2.45) is 5.92 Å². The Bertz CT molecular complexity index is 1920. The van der Waals surface area contributed by atoms with Crippen molar-refractivity contribution in [3.05, 3.63) is 24.3 Å². The number of rotatable bonds is 74. The number of ether oxygens (including phenoxy) is 4. The third-order valence-electron chi connectivity index (χ3n) is 17.2. The van der Waals surface area contributed by atoms with Crippen molar-refractivity contribution >= 4 is 39.5 Å². The second kappa shape index (κ2) is 68.7. The average Bonchev–Trinajstić information content (AvgIpc) is 3.54. The maximum atomic E-state index is 13.1. The number of allylic oxidation sites excluding steroid dienone is 4. The van der Waals surface area contributed by atoms with Gasteiger partial charge in [0, 0.05) is 25.7 Å². The summed E-state index contributed by atoms with van der Waals surface area (Å²) in [5, 5.41) is 10.6. The highest BCUT2D eigenvalue weighted by molar-refractivity contribution is 7.47. The summed E-state index contributed by atoms with van der Waals surface area (Å²) < 4.78 is 68.4. The summed E-state index contributed by atoms with van der Waals surface area (Å²) in [6.45, 7) is 7.24. The lowest BCUT2D eigenvalue weighted by atomic mass is 10.0. The highest BCUT2D eigenvalue weighted by atomic mass is 31.2. The van der Waals surface area contributed by atoms with Crippen LogP contribution >= 0.6 is 15.6 Å². The van der Waals surface area contributed by atoms with Gasteiger partial charge in [0.2, 0.25) is 0 Å². The number of carbonyl (C=O) groups is 4. The van der Waals surface area contributed by atoms with E-state index >= 15 is 0 Å². The first-order chi connectivity index (χ1) is 46.0. The average molecular weight is 1390 g/mol. The maximum absolute atomic E-state index is 13.1. The number of esters is 4. The zero-order chi connectivity index (χ0) is 69.8. The molecule has 0 aliphatic rings. The van der Waals surface area contributed by atoms with Crippen LogP contribution in [-0.4, -0.2) is 96.7 Å². The molecule has 0 aromatic rings. The van der Waals surface area contributed by atoms with Crippen molar-refractivity contribution in [2.45, 2.75) is 393 Å². The number of phosphoric acid groups is 2. The van der Waals surface area contributed by atoms with Crippen molar-refractivity contribution in [3.8, 4) is 0 Å². The number of aliphatic hydroxyl groups is 1. The van der Waals surface area contributed by atoms with Gasteiger partial charge >= 0.3 is 39.5 Å². The molecular weight excluding hydrogens is 1250 g/mol. The lowest BCUT2D eigenvalue weighted by Crippen LogP contribution is -2.30. The van der Waals surface area contributed by atoms with Crippen LogP contribution in [0, 0.1) is 5.92 Å². The summed E-state index contributed by atoms with van der Waals surface area (Å²) >= 11 is 0. The summed E-state index contributed by atoms with van der Waals surface area (Å²) in [6.07, 6.45) is 60.4. The van der Waals surface area contributed by atoms with Gasteiger partial charge in [-0.3, -0.25) is 37.3 Å². The monoisotopic (exact) mass is 1390 g/mol. The quantitative estimate of drug-likeness (QED) is 0.0169. The van der Waals surface area contributed by atoms with Crippen molar-refractivity contribution in [1.29, 1.82) is 0 Å². The van der Waals surface area contributed by atoms with Gasteiger partial charge in [-0.25, -0.2) is 9.13 Å². The Labute approximate surface area is 580 Å². The highest BCUT2D eigenvalue weighted by Crippen LogP contribution is 2.45. The van der Waals surface area contributed by atoms with Gasteiger partial charge in [-0.2, -0.15) is 0 Å². The Morgan fingerprint density at radius 1 is 0.326 bits per heavy atom. The Hall–Kier alpha value is -2.46. The molecule has 0 aromatic carbocycles. The molecule has 0 aliphatic carbocycles. The van der Waals surface area contributed by atoms with Crippen LogP contribution in [0.1, 0.15) is 375 Å². The largest absolute Gasteiger partial charge is 0.472 e. The topological polar surface area (TPSA) is 237 Å². The zero-order valence-corrected chi connectivity index (χ0v) is 63.1. The molecule has 0 saturated carbocycles. The molecular formula is C76H144O17P2. The lowest BCUT2D eigenvalue weighted by Gasteiger charge is -2.21. The van der Waals surface area contributed by atoms with E-state index in [0.717, 1.165) is 115 Å². The first-order valence-electron chi connectivity index (χ1n) is 39.0. The van der Waals surface area contributed by atoms with Gasteiger partial charge in [0.15, 0.2) is 12.2 Å². The molecule has 0 rings (SSSR count). The first kappa shape index (κ1) is 92.5. The zero-order valence-electron chi connectivity index (χ0n) is 61.3. The van der Waals surface area contributed by atoms with Crippen LogP contribution < -0.4 is 0 Å². The van der Waals surface area contributed by atoms with E-state index in [-0.39, 0.29) is 25.7 Å². The summed E-state index contributed by atoms with van der Waals surface area (Å²) in [6, 6.07) is 0. The number of carbonyl (C=O) groups excluding carboxylic acids is 4. The molecule has 95 heavy (non-hydrogen) atoms. The molecule has 19 heteroatoms. The van der Waals surface area contributed by atoms with Crippen LogP contribution in [0.2, 0.25) is 0 Å². The van der Waals surface area contributed by atoms with Crippen molar-refractivity contribution < 1.29 is 80.2 Å². The number of aliphatic hydroxyl groups excluding tert-OH is 1. The van der Waals surface area contributed by atoms with Gasteiger partial charge in [0.25, 0.3) is 0 Å². The molecule has 0 fully saturated rings. The second-order valence-electron chi connectivity index (χ2n) is 27.2. The molecule has 3 N–H and O–H groups in total. The van der Waals surface area contributed by atoms with Crippen LogP contribution in [0.4, 0.5) is 0 Å². The van der Waals surface area contributed by atoms with Crippen LogP contribution in [0.25, 0.3) is 0 Å². The van der Waals surface area contributed by atoms with E-state index in [9.17, 15) is 43.2 Å². The van der Waals surface area contributed by atoms with E-state index in [1.165, 1.54) is 180 Å². The van der Waals surface area contributed by atoms with Crippen LogP contribution in [0.5, 0.6) is 0 Å². The van der Waals surface area contributed by atoms with Gasteiger partial charge in [0.05, 0.1) is 26.4 Å². The van der Waals surface area contributed by atoms with Gasteiger partial charge in [-0.15, -0.1) is 0 Å². The summed E-state index contributed by atoms with van der Waals surface area (Å²) in [5.74, 6) is -1.34. The van der Waals surface area contributed by atoms with Gasteiger partial charge in [0.1, 0.15) is 19.3 Å². The van der Waals surface area contributed by atoms with Crippen LogP contribution in [0.15, 0.2) is 24.3 Å². The minimum Gasteiger partial charge on any atom is -0.462 e. The predicted molar refractivity (Wildman–Crippen MR) is 386 cm³/mol. The molecule has 17 nitrogen and oxygen atoms in total. The third-order valence-corrected chi connectivity index (χ3v) is 19.1. The van der Waals surface area contributed by atoms with Crippen LogP contribution in [0.3, 0.4) is 0 Å². The van der Waals surface area contributed by atoms with Gasteiger partial charge < -0.3 is 33.8 Å². The maximum Gasteiger partial charge on any atom is 0.472 e. The standard InChI is InChI=1S/C76H144O17P2/c1-6-9-12-15-18-21-24-25-28-32-36-40-45-50-55-60-74(79)87-66-72(93-76(81)62-57-52-47-42-37-33-30-27-26-29-31-35-38-43-48-53-58-69(4)5)68-91-95(84,85)89-64-70(77)63-88-94(82,83)90-67-71(65-86-73(78)59-54-49-44-39-23-20-17-14-11-8-3)92-75(80)61-56-51-46-41-34-22-19-16-13-10-7-2/h21,24-25,28,69-72,77H,6-20,22-23,26-27,29-68H2,1-5H3,(H,82,83)(H,84,85)/b24-21-,28-25-/t70-,71+,72+/m0/s1. The Morgan fingerprint density at radius 2 is 0.568 bits per heavy atom.